The van der Waals surface area contributed by atoms with Crippen LogP contribution in [0.5, 0.6) is 11.5 Å². The quantitative estimate of drug-likeness (QED) is 0.900. The number of fused-ring (bicyclic) bond motifs is 3. The lowest BCUT2D eigenvalue weighted by Gasteiger charge is -2.43. The van der Waals surface area contributed by atoms with Gasteiger partial charge in [-0.2, -0.15) is 0 Å². The molecule has 1 aliphatic carbocycles. The number of aromatic hydroxyl groups is 1. The van der Waals surface area contributed by atoms with Crippen molar-refractivity contribution < 1.29 is 22.9 Å². The lowest BCUT2D eigenvalue weighted by atomic mass is 9.72. The highest BCUT2D eigenvalue weighted by molar-refractivity contribution is 6.00. The predicted molar refractivity (Wildman–Crippen MR) is 82.5 cm³/mol. The number of hydrogen-bond donors (Lipinski definition) is 1. The van der Waals surface area contributed by atoms with Crippen molar-refractivity contribution >= 4 is 11.4 Å². The van der Waals surface area contributed by atoms with E-state index >= 15 is 0 Å². The number of ketones is 1. The Morgan fingerprint density at radius 2 is 2.29 bits per heavy atom. The molecule has 0 bridgehead atoms. The zero-order valence-corrected chi connectivity index (χ0v) is 11.9. The summed E-state index contributed by atoms with van der Waals surface area (Å²) < 4.78 is 53.8. The number of allylic oxidation sites excluding steroid dienone is 1. The molecule has 0 spiro atoms. The summed E-state index contributed by atoms with van der Waals surface area (Å²) in [6, 6.07) is 3.13. The fourth-order valence-corrected chi connectivity index (χ4v) is 3.16. The Hall–Kier alpha value is -1.77. The van der Waals surface area contributed by atoms with Gasteiger partial charge in [-0.1, -0.05) is 13.3 Å². The molecular weight excluding hydrogens is 264 g/mol. The van der Waals surface area contributed by atoms with Crippen LogP contribution in [0.3, 0.4) is 0 Å². The third-order valence-corrected chi connectivity index (χ3v) is 4.10. The number of phenols is 1. The van der Waals surface area contributed by atoms with Gasteiger partial charge < -0.3 is 9.84 Å². The van der Waals surface area contributed by atoms with E-state index in [0.29, 0.717) is 12.0 Å². The SMILES string of the molecule is [2H]C([2H])([2H])C1(C([2H])([2H])[2H])Oc2cc(CCC)cc(O)c2C2=CC(=O)CCC21. The molecule has 0 fully saturated rings. The van der Waals surface area contributed by atoms with Crippen molar-refractivity contribution in [2.75, 3.05) is 0 Å². The van der Waals surface area contributed by atoms with E-state index in [1.807, 2.05) is 6.92 Å². The molecule has 0 radical (unpaired) electrons. The normalized spacial score (nSPS) is 28.3. The van der Waals surface area contributed by atoms with E-state index in [-0.39, 0.29) is 41.3 Å². The summed E-state index contributed by atoms with van der Waals surface area (Å²) in [4.78, 5) is 12.0. The molecule has 0 saturated heterocycles. The topological polar surface area (TPSA) is 46.5 Å². The van der Waals surface area contributed by atoms with Crippen molar-refractivity contribution in [2.24, 2.45) is 5.92 Å². The van der Waals surface area contributed by atoms with E-state index in [0.717, 1.165) is 6.42 Å². The van der Waals surface area contributed by atoms with Crippen molar-refractivity contribution in [2.45, 2.75) is 51.9 Å². The molecule has 1 atom stereocenters. The van der Waals surface area contributed by atoms with Crippen LogP contribution in [0, 0.1) is 5.92 Å². The Kier molecular flexibility index (Phi) is 2.01. The molecule has 1 heterocycles. The highest BCUT2D eigenvalue weighted by atomic mass is 16.5. The highest BCUT2D eigenvalue weighted by Gasteiger charge is 2.43. The van der Waals surface area contributed by atoms with Gasteiger partial charge in [0.2, 0.25) is 0 Å². The third-order valence-electron chi connectivity index (χ3n) is 4.10. The minimum Gasteiger partial charge on any atom is -0.507 e. The van der Waals surface area contributed by atoms with Gasteiger partial charge in [-0.05, 0) is 55.9 Å². The van der Waals surface area contributed by atoms with Crippen molar-refractivity contribution in [1.29, 1.82) is 0 Å². The van der Waals surface area contributed by atoms with Crippen LogP contribution in [0.4, 0.5) is 0 Å². The molecular formula is C18H22O3. The van der Waals surface area contributed by atoms with E-state index < -0.39 is 25.2 Å². The lowest BCUT2D eigenvalue weighted by Crippen LogP contribution is -2.43. The van der Waals surface area contributed by atoms with Gasteiger partial charge in [0.15, 0.2) is 5.78 Å². The number of hydrogen-bond acceptors (Lipinski definition) is 3. The maximum atomic E-state index is 12.0. The summed E-state index contributed by atoms with van der Waals surface area (Å²) in [5.41, 5.74) is -1.31. The number of carbonyl (C=O) groups is 1. The molecule has 21 heavy (non-hydrogen) atoms. The molecule has 1 aliphatic heterocycles. The minimum atomic E-state index is -2.96. The first kappa shape index (κ1) is 8.62. The van der Waals surface area contributed by atoms with Gasteiger partial charge in [0.05, 0.1) is 5.56 Å². The lowest BCUT2D eigenvalue weighted by molar-refractivity contribution is -0.115. The molecule has 1 aromatic carbocycles. The summed E-state index contributed by atoms with van der Waals surface area (Å²) >= 11 is 0. The number of rotatable bonds is 2. The van der Waals surface area contributed by atoms with Crippen molar-refractivity contribution in [1.82, 2.24) is 0 Å². The largest absolute Gasteiger partial charge is 0.507 e. The molecule has 0 aromatic heterocycles. The first-order chi connectivity index (χ1) is 12.4. The van der Waals surface area contributed by atoms with Gasteiger partial charge in [0, 0.05) is 20.6 Å². The van der Waals surface area contributed by atoms with Crippen molar-refractivity contribution in [3.8, 4) is 11.5 Å². The Balaban J connectivity index is 2.34. The molecule has 3 rings (SSSR count). The van der Waals surface area contributed by atoms with Crippen molar-refractivity contribution in [3.05, 3.63) is 29.3 Å². The van der Waals surface area contributed by atoms with Gasteiger partial charge in [-0.3, -0.25) is 4.79 Å². The molecule has 3 heteroatoms. The minimum absolute atomic E-state index is 0.00269. The van der Waals surface area contributed by atoms with Crippen LogP contribution in [0.2, 0.25) is 0 Å². The van der Waals surface area contributed by atoms with Crippen LogP contribution in [0.1, 0.15) is 59.2 Å². The number of ether oxygens (including phenoxy) is 1. The van der Waals surface area contributed by atoms with E-state index in [2.05, 4.69) is 0 Å². The van der Waals surface area contributed by atoms with E-state index in [1.165, 1.54) is 6.08 Å². The Morgan fingerprint density at radius 1 is 1.48 bits per heavy atom. The molecule has 3 nitrogen and oxygen atoms in total. The second-order valence-corrected chi connectivity index (χ2v) is 5.73. The fourth-order valence-electron chi connectivity index (χ4n) is 3.16. The van der Waals surface area contributed by atoms with Crippen LogP contribution in [-0.2, 0) is 11.2 Å². The standard InChI is InChI=1S/C18H22O3/c1-4-5-11-8-15(20)17-13-10-12(19)6-7-14(13)18(2,3)21-16(17)9-11/h8-10,14,20H,4-7H2,1-3H3/i2D3,3D3. The highest BCUT2D eigenvalue weighted by Crippen LogP contribution is 2.51. The Labute approximate surface area is 134 Å². The first-order valence-corrected chi connectivity index (χ1v) is 7.22. The number of carbonyl (C=O) groups excluding carboxylic acids is 1. The Morgan fingerprint density at radius 3 is 3.00 bits per heavy atom. The molecule has 1 unspecified atom stereocenters. The van der Waals surface area contributed by atoms with E-state index in [4.69, 9.17) is 13.0 Å². The smallest absolute Gasteiger partial charge is 0.156 e. The van der Waals surface area contributed by atoms with Crippen molar-refractivity contribution in [3.63, 3.8) is 0 Å². The maximum Gasteiger partial charge on any atom is 0.156 e. The van der Waals surface area contributed by atoms with Gasteiger partial charge >= 0.3 is 0 Å². The van der Waals surface area contributed by atoms with Gasteiger partial charge in [0.25, 0.3) is 0 Å². The molecule has 0 saturated carbocycles. The second kappa shape index (κ2) is 4.90. The predicted octanol–water partition coefficient (Wildman–Crippen LogP) is 3.88. The van der Waals surface area contributed by atoms with Gasteiger partial charge in [-0.25, -0.2) is 0 Å². The van der Waals surface area contributed by atoms with E-state index in [9.17, 15) is 9.90 Å². The average molecular weight is 292 g/mol. The van der Waals surface area contributed by atoms with Crippen LogP contribution in [0.15, 0.2) is 18.2 Å². The number of aryl methyl sites for hydroxylation is 1. The van der Waals surface area contributed by atoms with Crippen LogP contribution in [0.25, 0.3) is 5.57 Å². The fraction of sp³-hybridized carbons (Fsp3) is 0.500. The molecule has 1 aromatic rings. The molecule has 112 valence electrons. The molecule has 0 amide bonds. The van der Waals surface area contributed by atoms with Crippen LogP contribution in [-0.4, -0.2) is 16.5 Å². The summed E-state index contributed by atoms with van der Waals surface area (Å²) in [7, 11) is 0. The average Bonchev–Trinajstić information content (AvgIpc) is 2.51. The zero-order chi connectivity index (χ0) is 20.2. The molecule has 2 aliphatic rings. The summed E-state index contributed by atoms with van der Waals surface area (Å²) in [6.07, 6.45) is 2.74. The van der Waals surface area contributed by atoms with Gasteiger partial charge in [0.1, 0.15) is 17.1 Å². The second-order valence-electron chi connectivity index (χ2n) is 5.73. The first-order valence-electron chi connectivity index (χ1n) is 10.2. The van der Waals surface area contributed by atoms with Gasteiger partial charge in [-0.15, -0.1) is 0 Å². The summed E-state index contributed by atoms with van der Waals surface area (Å²) in [5.74, 6) is -1.41. The Bertz CT molecular complexity index is 793. The number of benzene rings is 1. The van der Waals surface area contributed by atoms with Crippen LogP contribution < -0.4 is 4.74 Å². The molecule has 1 N–H and O–H groups in total. The summed E-state index contributed by atoms with van der Waals surface area (Å²) in [5, 5.41) is 10.6. The maximum absolute atomic E-state index is 12.0. The summed E-state index contributed by atoms with van der Waals surface area (Å²) in [6.45, 7) is -3.97. The third kappa shape index (κ3) is 2.35. The number of phenolic OH excluding ortho intramolecular Hbond substituents is 1. The zero-order valence-electron chi connectivity index (χ0n) is 17.9. The van der Waals surface area contributed by atoms with Crippen LogP contribution >= 0.6 is 0 Å². The van der Waals surface area contributed by atoms with E-state index in [1.54, 1.807) is 12.1 Å². The monoisotopic (exact) mass is 292 g/mol.